The van der Waals surface area contributed by atoms with Gasteiger partial charge in [-0.05, 0) is 18.4 Å². The van der Waals surface area contributed by atoms with Crippen LogP contribution in [0.1, 0.15) is 6.92 Å². The molecule has 0 saturated carbocycles. The van der Waals surface area contributed by atoms with E-state index in [0.29, 0.717) is 4.99 Å². The van der Waals surface area contributed by atoms with E-state index in [2.05, 4.69) is 0 Å². The highest BCUT2D eigenvalue weighted by Crippen LogP contribution is 2.25. The maximum absolute atomic E-state index is 5.72. The van der Waals surface area contributed by atoms with Crippen LogP contribution in [0.25, 0.3) is 10.8 Å². The molecular formula is C13H13NOS. The standard InChI is InChI=1S/C13H13NOS/c1-9(13(14)16)15-12-8-4-6-10-5-2-3-7-11(10)12/h2-9H,1H3,(H2,14,16). The van der Waals surface area contributed by atoms with Gasteiger partial charge in [0.1, 0.15) is 16.8 Å². The van der Waals surface area contributed by atoms with Gasteiger partial charge >= 0.3 is 0 Å². The summed E-state index contributed by atoms with van der Waals surface area (Å²) in [5, 5.41) is 2.23. The number of thiocarbonyl (C=S) groups is 1. The van der Waals surface area contributed by atoms with Crippen molar-refractivity contribution in [1.82, 2.24) is 0 Å². The Morgan fingerprint density at radius 3 is 2.62 bits per heavy atom. The van der Waals surface area contributed by atoms with Gasteiger partial charge in [0, 0.05) is 5.39 Å². The average Bonchev–Trinajstić information content (AvgIpc) is 2.29. The highest BCUT2D eigenvalue weighted by molar-refractivity contribution is 7.80. The molecule has 2 aromatic carbocycles. The monoisotopic (exact) mass is 231 g/mol. The minimum Gasteiger partial charge on any atom is -0.483 e. The highest BCUT2D eigenvalue weighted by Gasteiger charge is 2.08. The second-order valence-electron chi connectivity index (χ2n) is 3.64. The van der Waals surface area contributed by atoms with Crippen molar-refractivity contribution in [3.63, 3.8) is 0 Å². The number of hydrogen-bond acceptors (Lipinski definition) is 2. The van der Waals surface area contributed by atoms with Crippen LogP contribution >= 0.6 is 12.2 Å². The molecule has 2 aromatic rings. The fraction of sp³-hybridized carbons (Fsp3) is 0.154. The molecule has 0 heterocycles. The lowest BCUT2D eigenvalue weighted by Crippen LogP contribution is -2.28. The first kappa shape index (κ1) is 10.9. The van der Waals surface area contributed by atoms with Gasteiger partial charge in [0.05, 0.1) is 0 Å². The fourth-order valence-corrected chi connectivity index (χ4v) is 1.60. The molecule has 0 saturated heterocycles. The van der Waals surface area contributed by atoms with Gasteiger partial charge in [-0.1, -0.05) is 48.6 Å². The van der Waals surface area contributed by atoms with Crippen LogP contribution in [0.2, 0.25) is 0 Å². The molecule has 0 aliphatic rings. The van der Waals surface area contributed by atoms with E-state index in [4.69, 9.17) is 22.7 Å². The van der Waals surface area contributed by atoms with Crippen LogP contribution < -0.4 is 10.5 Å². The van der Waals surface area contributed by atoms with Gasteiger partial charge in [-0.3, -0.25) is 0 Å². The second kappa shape index (κ2) is 4.49. The summed E-state index contributed by atoms with van der Waals surface area (Å²) in [6.07, 6.45) is -0.249. The summed E-state index contributed by atoms with van der Waals surface area (Å²) in [4.78, 5) is 0.368. The van der Waals surface area contributed by atoms with Crippen LogP contribution in [0.5, 0.6) is 5.75 Å². The zero-order valence-corrected chi connectivity index (χ0v) is 9.83. The van der Waals surface area contributed by atoms with Crippen molar-refractivity contribution in [3.8, 4) is 5.75 Å². The molecule has 0 radical (unpaired) electrons. The van der Waals surface area contributed by atoms with E-state index < -0.39 is 0 Å². The Bertz CT molecular complexity index is 519. The van der Waals surface area contributed by atoms with Gasteiger partial charge in [-0.15, -0.1) is 0 Å². The Balaban J connectivity index is 2.41. The van der Waals surface area contributed by atoms with Crippen LogP contribution in [-0.4, -0.2) is 11.1 Å². The predicted octanol–water partition coefficient (Wildman–Crippen LogP) is 2.89. The third kappa shape index (κ3) is 2.14. The minimum absolute atomic E-state index is 0.249. The van der Waals surface area contributed by atoms with Gasteiger partial charge in [0.2, 0.25) is 0 Å². The summed E-state index contributed by atoms with van der Waals surface area (Å²) in [5.41, 5.74) is 5.53. The molecule has 0 aliphatic heterocycles. The Morgan fingerprint density at radius 2 is 1.88 bits per heavy atom. The lowest BCUT2D eigenvalue weighted by molar-refractivity contribution is 0.292. The number of rotatable bonds is 3. The molecule has 82 valence electrons. The molecule has 1 atom stereocenters. The van der Waals surface area contributed by atoms with Crippen molar-refractivity contribution in [2.24, 2.45) is 5.73 Å². The average molecular weight is 231 g/mol. The van der Waals surface area contributed by atoms with E-state index in [0.717, 1.165) is 16.5 Å². The first-order chi connectivity index (χ1) is 7.68. The lowest BCUT2D eigenvalue weighted by Gasteiger charge is -2.14. The predicted molar refractivity (Wildman–Crippen MR) is 70.8 cm³/mol. The van der Waals surface area contributed by atoms with Crippen LogP contribution in [0, 0.1) is 0 Å². The first-order valence-corrected chi connectivity index (χ1v) is 5.53. The molecule has 0 aliphatic carbocycles. The zero-order valence-electron chi connectivity index (χ0n) is 9.01. The van der Waals surface area contributed by atoms with E-state index >= 15 is 0 Å². The molecule has 2 rings (SSSR count). The Morgan fingerprint density at radius 1 is 1.19 bits per heavy atom. The molecular weight excluding hydrogens is 218 g/mol. The van der Waals surface area contributed by atoms with E-state index in [1.807, 2.05) is 49.4 Å². The molecule has 1 unspecified atom stereocenters. The van der Waals surface area contributed by atoms with Crippen LogP contribution in [0.3, 0.4) is 0 Å². The fourth-order valence-electron chi connectivity index (χ4n) is 1.55. The molecule has 3 heteroatoms. The number of nitrogens with two attached hydrogens (primary N) is 1. The SMILES string of the molecule is CC(Oc1cccc2ccccc12)C(N)=S. The first-order valence-electron chi connectivity index (χ1n) is 5.12. The quantitative estimate of drug-likeness (QED) is 0.825. The number of fused-ring (bicyclic) bond motifs is 1. The van der Waals surface area contributed by atoms with Gasteiger partial charge in [0.15, 0.2) is 0 Å². The molecule has 16 heavy (non-hydrogen) atoms. The van der Waals surface area contributed by atoms with Crippen molar-refractivity contribution >= 4 is 28.0 Å². The van der Waals surface area contributed by atoms with Crippen molar-refractivity contribution < 1.29 is 4.74 Å². The highest BCUT2D eigenvalue weighted by atomic mass is 32.1. The third-order valence-corrected chi connectivity index (χ3v) is 2.79. The molecule has 2 nitrogen and oxygen atoms in total. The summed E-state index contributed by atoms with van der Waals surface area (Å²) in [6, 6.07) is 14.0. The third-order valence-electron chi connectivity index (χ3n) is 2.45. The van der Waals surface area contributed by atoms with Crippen molar-refractivity contribution in [2.45, 2.75) is 13.0 Å². The normalized spacial score (nSPS) is 12.3. The van der Waals surface area contributed by atoms with E-state index in [1.165, 1.54) is 0 Å². The number of hydrogen-bond donors (Lipinski definition) is 1. The molecule has 0 bridgehead atoms. The van der Waals surface area contributed by atoms with E-state index in [-0.39, 0.29) is 6.10 Å². The van der Waals surface area contributed by atoms with Crippen molar-refractivity contribution in [2.75, 3.05) is 0 Å². The summed E-state index contributed by atoms with van der Waals surface area (Å²) in [6.45, 7) is 1.85. The second-order valence-corrected chi connectivity index (χ2v) is 4.11. The zero-order chi connectivity index (χ0) is 11.5. The Labute approximate surface area is 100 Å². The van der Waals surface area contributed by atoms with E-state index in [1.54, 1.807) is 0 Å². The number of benzene rings is 2. The molecule has 0 amide bonds. The van der Waals surface area contributed by atoms with E-state index in [9.17, 15) is 0 Å². The minimum atomic E-state index is -0.249. The largest absolute Gasteiger partial charge is 0.483 e. The summed E-state index contributed by atoms with van der Waals surface area (Å²) < 4.78 is 5.72. The van der Waals surface area contributed by atoms with Crippen LogP contribution in [0.15, 0.2) is 42.5 Å². The topological polar surface area (TPSA) is 35.2 Å². The Hall–Kier alpha value is -1.61. The lowest BCUT2D eigenvalue weighted by atomic mass is 10.1. The number of ether oxygens (including phenoxy) is 1. The van der Waals surface area contributed by atoms with Crippen molar-refractivity contribution in [3.05, 3.63) is 42.5 Å². The molecule has 0 aromatic heterocycles. The summed E-state index contributed by atoms with van der Waals surface area (Å²) >= 11 is 4.89. The maximum atomic E-state index is 5.72. The molecule has 0 spiro atoms. The Kier molecular flexibility index (Phi) is 3.06. The molecule has 2 N–H and O–H groups in total. The smallest absolute Gasteiger partial charge is 0.145 e. The van der Waals surface area contributed by atoms with Gasteiger partial charge in [-0.2, -0.15) is 0 Å². The van der Waals surface area contributed by atoms with Gasteiger partial charge < -0.3 is 10.5 Å². The van der Waals surface area contributed by atoms with Crippen LogP contribution in [0.4, 0.5) is 0 Å². The summed E-state index contributed by atoms with van der Waals surface area (Å²) in [5.74, 6) is 0.818. The van der Waals surface area contributed by atoms with Gasteiger partial charge in [0.25, 0.3) is 0 Å². The molecule has 0 fully saturated rings. The van der Waals surface area contributed by atoms with Crippen molar-refractivity contribution in [1.29, 1.82) is 0 Å². The summed E-state index contributed by atoms with van der Waals surface area (Å²) in [7, 11) is 0. The van der Waals surface area contributed by atoms with Gasteiger partial charge in [-0.25, -0.2) is 0 Å². The maximum Gasteiger partial charge on any atom is 0.145 e. The van der Waals surface area contributed by atoms with Crippen LogP contribution in [-0.2, 0) is 0 Å².